The van der Waals surface area contributed by atoms with Gasteiger partial charge in [-0.1, -0.05) is 6.92 Å². The smallest absolute Gasteiger partial charge is 0.229 e. The largest absolute Gasteiger partial charge is 0.326 e. The van der Waals surface area contributed by atoms with Crippen molar-refractivity contribution >= 4 is 34.4 Å². The number of nitrogens with zero attached hydrogens (tertiary/aromatic N) is 7. The van der Waals surface area contributed by atoms with E-state index < -0.39 is 11.6 Å². The van der Waals surface area contributed by atoms with Gasteiger partial charge in [-0.3, -0.25) is 9.69 Å². The van der Waals surface area contributed by atoms with Crippen molar-refractivity contribution in [2.75, 3.05) is 43.4 Å². The van der Waals surface area contributed by atoms with Crippen LogP contribution in [-0.2, 0) is 11.3 Å². The standard InChI is InChI=1S/C28H31F2N9O/c1-4-37-5-7-38(8-6-37)15-19-13-31-24-12-22(19)34-25(40)9-16(2)39-17(3)33-27-20(29)10-18(11-23(27)39)26-21(30)14-32-28(35-24)36-26/h10-14,16H,4-9,15H2,1-3H3,(H,34,40)(H,31,32,35,36)/t16-/m0/s1. The van der Waals surface area contributed by atoms with Gasteiger partial charge in [0.05, 0.1) is 17.4 Å². The van der Waals surface area contributed by atoms with Crippen LogP contribution in [0.3, 0.4) is 0 Å². The number of amides is 1. The van der Waals surface area contributed by atoms with Crippen molar-refractivity contribution in [3.05, 3.63) is 53.6 Å². The van der Waals surface area contributed by atoms with E-state index in [-0.39, 0.29) is 41.1 Å². The number of halogens is 2. The topological polar surface area (TPSA) is 104 Å². The zero-order chi connectivity index (χ0) is 28.0. The van der Waals surface area contributed by atoms with E-state index in [9.17, 15) is 9.18 Å². The third-order valence-electron chi connectivity index (χ3n) is 7.67. The molecular formula is C28H31F2N9O. The second kappa shape index (κ2) is 10.5. The number of nitrogens with one attached hydrogen (secondary N) is 2. The fraction of sp³-hybridized carbons (Fsp3) is 0.393. The number of hydrogen-bond acceptors (Lipinski definition) is 8. The molecule has 4 aromatic rings. The number of hydrogen-bond donors (Lipinski definition) is 2. The Morgan fingerprint density at radius 2 is 1.75 bits per heavy atom. The maximum Gasteiger partial charge on any atom is 0.229 e. The van der Waals surface area contributed by atoms with Crippen molar-refractivity contribution in [1.29, 1.82) is 0 Å². The van der Waals surface area contributed by atoms with Crippen LogP contribution < -0.4 is 10.6 Å². The molecule has 5 heterocycles. The van der Waals surface area contributed by atoms with Crippen LogP contribution in [-0.4, -0.2) is 72.9 Å². The van der Waals surface area contributed by atoms with E-state index in [0.29, 0.717) is 29.4 Å². The van der Waals surface area contributed by atoms with E-state index in [1.165, 1.54) is 6.07 Å². The lowest BCUT2D eigenvalue weighted by Crippen LogP contribution is -2.45. The third-order valence-corrected chi connectivity index (χ3v) is 7.67. The quantitative estimate of drug-likeness (QED) is 0.392. The Kier molecular flexibility index (Phi) is 6.88. The molecular weight excluding hydrogens is 516 g/mol. The van der Waals surface area contributed by atoms with Crippen LogP contribution >= 0.6 is 0 Å². The van der Waals surface area contributed by atoms with Gasteiger partial charge in [-0.15, -0.1) is 0 Å². The molecule has 0 unspecified atom stereocenters. The number of fused-ring (bicyclic) bond motifs is 6. The number of aryl methyl sites for hydroxylation is 1. The van der Waals surface area contributed by atoms with Gasteiger partial charge in [-0.2, -0.15) is 0 Å². The molecule has 1 fully saturated rings. The van der Waals surface area contributed by atoms with Gasteiger partial charge in [0.15, 0.2) is 11.6 Å². The van der Waals surface area contributed by atoms with Crippen LogP contribution in [0.5, 0.6) is 0 Å². The highest BCUT2D eigenvalue weighted by atomic mass is 19.1. The van der Waals surface area contributed by atoms with E-state index in [1.807, 2.05) is 11.5 Å². The zero-order valence-corrected chi connectivity index (χ0v) is 22.7. The van der Waals surface area contributed by atoms with Gasteiger partial charge in [0.25, 0.3) is 0 Å². The molecule has 2 aliphatic rings. The molecule has 1 atom stereocenters. The minimum Gasteiger partial charge on any atom is -0.326 e. The molecule has 2 aliphatic heterocycles. The maximum absolute atomic E-state index is 15.2. The summed E-state index contributed by atoms with van der Waals surface area (Å²) in [5, 5.41) is 6.08. The number of aromatic nitrogens is 5. The Bertz CT molecular complexity index is 1600. The summed E-state index contributed by atoms with van der Waals surface area (Å²) in [6.45, 7) is 11.3. The number of rotatable bonds is 3. The average molecular weight is 548 g/mol. The van der Waals surface area contributed by atoms with Crippen LogP contribution in [0, 0.1) is 18.6 Å². The first-order chi connectivity index (χ1) is 19.3. The first kappa shape index (κ1) is 26.2. The van der Waals surface area contributed by atoms with E-state index in [1.54, 1.807) is 25.3 Å². The fourth-order valence-corrected chi connectivity index (χ4v) is 5.57. The highest BCUT2D eigenvalue weighted by Gasteiger charge is 2.23. The molecule has 2 N–H and O–H groups in total. The van der Waals surface area contributed by atoms with Gasteiger partial charge in [0.1, 0.15) is 22.9 Å². The average Bonchev–Trinajstić information content (AvgIpc) is 3.27. The summed E-state index contributed by atoms with van der Waals surface area (Å²) in [7, 11) is 0. The van der Waals surface area contributed by atoms with Gasteiger partial charge < -0.3 is 20.1 Å². The van der Waals surface area contributed by atoms with E-state index in [4.69, 9.17) is 0 Å². The lowest BCUT2D eigenvalue weighted by atomic mass is 10.1. The molecule has 3 aromatic heterocycles. The van der Waals surface area contributed by atoms with Gasteiger partial charge in [0, 0.05) is 68.6 Å². The maximum atomic E-state index is 15.2. The highest BCUT2D eigenvalue weighted by Crippen LogP contribution is 2.32. The second-order valence-electron chi connectivity index (χ2n) is 10.4. The van der Waals surface area contributed by atoms with Crippen LogP contribution in [0.15, 0.2) is 30.6 Å². The summed E-state index contributed by atoms with van der Waals surface area (Å²) in [6, 6.07) is 4.26. The summed E-state index contributed by atoms with van der Waals surface area (Å²) in [4.78, 5) is 35.5. The number of imidazole rings is 1. The molecule has 0 radical (unpaired) electrons. The number of benzene rings is 1. The van der Waals surface area contributed by atoms with Crippen LogP contribution in [0.4, 0.5) is 26.2 Å². The molecule has 0 spiro atoms. The SMILES string of the molecule is CCN1CCN(Cc2cnc3cc2NC(=O)C[C@H](C)n2c(C)nc4c(F)cc(cc42)-c2nc(ncc2F)N3)CC1. The summed E-state index contributed by atoms with van der Waals surface area (Å²) in [5.41, 5.74) is 2.33. The summed E-state index contributed by atoms with van der Waals surface area (Å²) in [5.74, 6) is -0.438. The Balaban J connectivity index is 1.42. The molecule has 0 saturated carbocycles. The van der Waals surface area contributed by atoms with Gasteiger partial charge in [-0.25, -0.2) is 28.7 Å². The Hall–Kier alpha value is -4.03. The molecule has 0 aliphatic carbocycles. The number of anilines is 3. The molecule has 208 valence electrons. The minimum absolute atomic E-state index is 0.0523. The van der Waals surface area contributed by atoms with Crippen molar-refractivity contribution < 1.29 is 13.6 Å². The highest BCUT2D eigenvalue weighted by molar-refractivity contribution is 5.92. The number of pyridine rings is 1. The molecule has 6 rings (SSSR count). The molecule has 10 nitrogen and oxygen atoms in total. The zero-order valence-electron chi connectivity index (χ0n) is 22.7. The first-order valence-corrected chi connectivity index (χ1v) is 13.5. The van der Waals surface area contributed by atoms with Crippen LogP contribution in [0.2, 0.25) is 0 Å². The van der Waals surface area contributed by atoms with Crippen LogP contribution in [0.25, 0.3) is 22.3 Å². The van der Waals surface area contributed by atoms with Crippen molar-refractivity contribution in [3.63, 3.8) is 0 Å². The number of likely N-dealkylation sites (N-methyl/N-ethyl adjacent to an activating group) is 1. The first-order valence-electron chi connectivity index (χ1n) is 13.5. The molecule has 12 heteroatoms. The normalized spacial score (nSPS) is 18.3. The van der Waals surface area contributed by atoms with Crippen LogP contribution in [0.1, 0.15) is 37.7 Å². The Labute approximate surface area is 230 Å². The summed E-state index contributed by atoms with van der Waals surface area (Å²) in [6.07, 6.45) is 2.90. The van der Waals surface area contributed by atoms with Gasteiger partial charge >= 0.3 is 0 Å². The Morgan fingerprint density at radius 3 is 2.52 bits per heavy atom. The molecule has 1 aromatic carbocycles. The molecule has 1 amide bonds. The molecule has 6 bridgehead atoms. The van der Waals surface area contributed by atoms with Crippen molar-refractivity contribution in [2.45, 2.75) is 39.8 Å². The van der Waals surface area contributed by atoms with E-state index >= 15 is 4.39 Å². The molecule has 40 heavy (non-hydrogen) atoms. The third kappa shape index (κ3) is 5.00. The minimum atomic E-state index is -0.687. The van der Waals surface area contributed by atoms with Crippen molar-refractivity contribution in [2.24, 2.45) is 0 Å². The number of carbonyl (C=O) groups is 1. The monoisotopic (exact) mass is 547 g/mol. The number of piperazine rings is 1. The van der Waals surface area contributed by atoms with E-state index in [2.05, 4.69) is 47.3 Å². The van der Waals surface area contributed by atoms with Gasteiger partial charge in [-0.05, 0) is 32.5 Å². The lowest BCUT2D eigenvalue weighted by molar-refractivity contribution is -0.116. The van der Waals surface area contributed by atoms with Gasteiger partial charge in [0.2, 0.25) is 11.9 Å². The molecule has 1 saturated heterocycles. The fourth-order valence-electron chi connectivity index (χ4n) is 5.57. The van der Waals surface area contributed by atoms with Crippen molar-refractivity contribution in [3.8, 4) is 11.3 Å². The summed E-state index contributed by atoms with van der Waals surface area (Å²) < 4.78 is 31.9. The van der Waals surface area contributed by atoms with E-state index in [0.717, 1.165) is 44.5 Å². The Morgan fingerprint density at radius 1 is 0.975 bits per heavy atom. The predicted octanol–water partition coefficient (Wildman–Crippen LogP) is 4.26. The summed E-state index contributed by atoms with van der Waals surface area (Å²) >= 11 is 0. The van der Waals surface area contributed by atoms with Crippen molar-refractivity contribution in [1.82, 2.24) is 34.3 Å². The number of carbonyl (C=O) groups excluding carboxylic acids is 1. The lowest BCUT2D eigenvalue weighted by Gasteiger charge is -2.34. The predicted molar refractivity (Wildman–Crippen MR) is 148 cm³/mol. The second-order valence-corrected chi connectivity index (χ2v) is 10.4.